The molecule has 2 aliphatic heterocycles. The summed E-state index contributed by atoms with van der Waals surface area (Å²) in [6.45, 7) is 3.92. The average molecular weight is 384 g/mol. The van der Waals surface area contributed by atoms with Crippen LogP contribution >= 0.6 is 0 Å². The van der Waals surface area contributed by atoms with E-state index in [2.05, 4.69) is 5.32 Å². The maximum Gasteiger partial charge on any atom is 0.291 e. The number of aryl methyl sites for hydroxylation is 1. The molecule has 0 unspecified atom stereocenters. The van der Waals surface area contributed by atoms with Crippen LogP contribution in [-0.2, 0) is 4.74 Å². The van der Waals surface area contributed by atoms with Gasteiger partial charge < -0.3 is 24.5 Å². The van der Waals surface area contributed by atoms with E-state index in [0.717, 1.165) is 6.42 Å². The Morgan fingerprint density at radius 1 is 1.29 bits per heavy atom. The molecule has 0 radical (unpaired) electrons. The normalized spacial score (nSPS) is 24.1. The van der Waals surface area contributed by atoms with Crippen molar-refractivity contribution in [2.45, 2.75) is 13.3 Å². The average Bonchev–Trinajstić information content (AvgIpc) is 3.32. The van der Waals surface area contributed by atoms with Crippen LogP contribution in [0.15, 0.2) is 40.8 Å². The molecule has 0 spiro atoms. The van der Waals surface area contributed by atoms with Crippen LogP contribution in [0, 0.1) is 18.3 Å². The fraction of sp³-hybridized carbons (Fsp3) is 0.429. The highest BCUT2D eigenvalue weighted by atomic mass is 16.5. The van der Waals surface area contributed by atoms with Crippen molar-refractivity contribution in [3.05, 3.63) is 53.5 Å². The van der Waals surface area contributed by atoms with Crippen LogP contribution in [0.4, 0.5) is 5.69 Å². The predicted octanol–water partition coefficient (Wildman–Crippen LogP) is 2.31. The predicted molar refractivity (Wildman–Crippen MR) is 102 cm³/mol. The maximum absolute atomic E-state index is 13.2. The van der Waals surface area contributed by atoms with Crippen LogP contribution in [0.2, 0.25) is 0 Å². The molecule has 2 N–H and O–H groups in total. The monoisotopic (exact) mass is 384 g/mol. The number of hydrogen-bond donors (Lipinski definition) is 2. The lowest BCUT2D eigenvalue weighted by molar-refractivity contribution is -0.0556. The Bertz CT molecular complexity index is 892. The van der Waals surface area contributed by atoms with Gasteiger partial charge in [0, 0.05) is 25.1 Å². The molecule has 2 fully saturated rings. The molecule has 1 aromatic carbocycles. The number of hydrogen-bond acceptors (Lipinski definition) is 5. The zero-order chi connectivity index (χ0) is 19.7. The fourth-order valence-electron chi connectivity index (χ4n) is 4.16. The van der Waals surface area contributed by atoms with Gasteiger partial charge in [-0.3, -0.25) is 9.59 Å². The first-order valence-corrected chi connectivity index (χ1v) is 9.47. The van der Waals surface area contributed by atoms with Gasteiger partial charge in [-0.05, 0) is 43.5 Å². The summed E-state index contributed by atoms with van der Waals surface area (Å²) in [5, 5.41) is 12.7. The number of para-hydroxylation sites is 1. The summed E-state index contributed by atoms with van der Waals surface area (Å²) >= 11 is 0. The highest BCUT2D eigenvalue weighted by Gasteiger charge is 2.49. The van der Waals surface area contributed by atoms with Gasteiger partial charge in [-0.2, -0.15) is 0 Å². The summed E-state index contributed by atoms with van der Waals surface area (Å²) in [6, 6.07) is 10.3. The minimum atomic E-state index is -0.399. The topological polar surface area (TPSA) is 92.0 Å². The third-order valence-electron chi connectivity index (χ3n) is 5.78. The highest BCUT2D eigenvalue weighted by molar-refractivity contribution is 6.08. The molecule has 0 saturated carbocycles. The molecule has 2 aliphatic rings. The van der Waals surface area contributed by atoms with E-state index < -0.39 is 11.3 Å². The van der Waals surface area contributed by atoms with E-state index in [9.17, 15) is 14.7 Å². The number of nitrogens with one attached hydrogen (secondary N) is 1. The Morgan fingerprint density at radius 2 is 2.11 bits per heavy atom. The summed E-state index contributed by atoms with van der Waals surface area (Å²) in [4.78, 5) is 27.4. The van der Waals surface area contributed by atoms with Gasteiger partial charge in [-0.15, -0.1) is 0 Å². The van der Waals surface area contributed by atoms with Gasteiger partial charge in [-0.25, -0.2) is 0 Å². The molecule has 2 amide bonds. The SMILES string of the molecule is Cc1ccc(C(=O)Nc2ccccc2C(=O)N2C[C@@H]3CCOC[C@]3(CO)C2)o1. The van der Waals surface area contributed by atoms with Crippen LogP contribution < -0.4 is 5.32 Å². The number of nitrogens with zero attached hydrogens (tertiary/aromatic N) is 1. The molecular weight excluding hydrogens is 360 g/mol. The van der Waals surface area contributed by atoms with Crippen LogP contribution in [-0.4, -0.2) is 54.7 Å². The van der Waals surface area contributed by atoms with Crippen LogP contribution in [0.5, 0.6) is 0 Å². The van der Waals surface area contributed by atoms with Gasteiger partial charge >= 0.3 is 0 Å². The zero-order valence-electron chi connectivity index (χ0n) is 15.8. The third-order valence-corrected chi connectivity index (χ3v) is 5.78. The second kappa shape index (κ2) is 7.41. The molecule has 3 heterocycles. The quantitative estimate of drug-likeness (QED) is 0.844. The van der Waals surface area contributed by atoms with Crippen molar-refractivity contribution in [1.29, 1.82) is 0 Å². The summed E-state index contributed by atoms with van der Waals surface area (Å²) in [5.74, 6) is 0.509. The highest BCUT2D eigenvalue weighted by Crippen LogP contribution is 2.41. The van der Waals surface area contributed by atoms with Gasteiger partial charge in [0.1, 0.15) is 5.76 Å². The second-order valence-corrected chi connectivity index (χ2v) is 7.65. The van der Waals surface area contributed by atoms with E-state index in [4.69, 9.17) is 9.15 Å². The van der Waals surface area contributed by atoms with Crippen molar-refractivity contribution in [2.75, 3.05) is 38.2 Å². The minimum absolute atomic E-state index is 0.00231. The Hall–Kier alpha value is -2.64. The summed E-state index contributed by atoms with van der Waals surface area (Å²) in [6.07, 6.45) is 0.834. The van der Waals surface area contributed by atoms with Crippen molar-refractivity contribution in [1.82, 2.24) is 4.90 Å². The van der Waals surface area contributed by atoms with E-state index in [0.29, 0.717) is 43.3 Å². The number of amides is 2. The molecule has 7 heteroatoms. The Kier molecular flexibility index (Phi) is 4.95. The number of ether oxygens (including phenoxy) is 1. The number of benzene rings is 1. The van der Waals surface area contributed by atoms with Gasteiger partial charge in [0.25, 0.3) is 11.8 Å². The van der Waals surface area contributed by atoms with Crippen LogP contribution in [0.3, 0.4) is 0 Å². The lowest BCUT2D eigenvalue weighted by Gasteiger charge is -2.36. The molecular formula is C21H24N2O5. The third kappa shape index (κ3) is 3.31. The number of likely N-dealkylation sites (tertiary alicyclic amines) is 1. The largest absolute Gasteiger partial charge is 0.456 e. The Balaban J connectivity index is 1.55. The van der Waals surface area contributed by atoms with Crippen molar-refractivity contribution in [3.63, 3.8) is 0 Å². The molecule has 2 aromatic rings. The van der Waals surface area contributed by atoms with E-state index in [1.165, 1.54) is 0 Å². The first kappa shape index (κ1) is 18.7. The first-order chi connectivity index (χ1) is 13.5. The van der Waals surface area contributed by atoms with E-state index in [-0.39, 0.29) is 24.2 Å². The first-order valence-electron chi connectivity index (χ1n) is 9.47. The lowest BCUT2D eigenvalue weighted by Crippen LogP contribution is -2.43. The van der Waals surface area contributed by atoms with Gasteiger partial charge in [0.05, 0.1) is 24.5 Å². The van der Waals surface area contributed by atoms with Crippen LogP contribution in [0.25, 0.3) is 0 Å². The Morgan fingerprint density at radius 3 is 2.82 bits per heavy atom. The molecule has 0 aliphatic carbocycles. The van der Waals surface area contributed by atoms with Gasteiger partial charge in [0.15, 0.2) is 5.76 Å². The van der Waals surface area contributed by atoms with Crippen molar-refractivity contribution >= 4 is 17.5 Å². The van der Waals surface area contributed by atoms with Crippen molar-refractivity contribution < 1.29 is 23.8 Å². The zero-order valence-corrected chi connectivity index (χ0v) is 15.8. The fourth-order valence-corrected chi connectivity index (χ4v) is 4.16. The number of aliphatic hydroxyl groups excluding tert-OH is 1. The number of carbonyl (C=O) groups excluding carboxylic acids is 2. The number of furan rings is 1. The van der Waals surface area contributed by atoms with Gasteiger partial charge in [-0.1, -0.05) is 12.1 Å². The molecule has 2 atom stereocenters. The molecule has 28 heavy (non-hydrogen) atoms. The van der Waals surface area contributed by atoms with E-state index >= 15 is 0 Å². The number of anilines is 1. The molecule has 0 bridgehead atoms. The number of aliphatic hydroxyl groups is 1. The molecule has 1 aromatic heterocycles. The molecule has 4 rings (SSSR count). The van der Waals surface area contributed by atoms with Crippen molar-refractivity contribution in [2.24, 2.45) is 11.3 Å². The van der Waals surface area contributed by atoms with E-state index in [1.54, 1.807) is 48.2 Å². The lowest BCUT2D eigenvalue weighted by atomic mass is 9.76. The molecule has 2 saturated heterocycles. The molecule has 7 nitrogen and oxygen atoms in total. The minimum Gasteiger partial charge on any atom is -0.456 e. The number of rotatable bonds is 4. The smallest absolute Gasteiger partial charge is 0.291 e. The Labute approximate surface area is 163 Å². The molecule has 148 valence electrons. The second-order valence-electron chi connectivity index (χ2n) is 7.65. The van der Waals surface area contributed by atoms with Gasteiger partial charge in [0.2, 0.25) is 0 Å². The van der Waals surface area contributed by atoms with Crippen molar-refractivity contribution in [3.8, 4) is 0 Å². The number of carbonyl (C=O) groups is 2. The standard InChI is InChI=1S/C21H24N2O5/c1-14-6-7-18(28-14)19(25)22-17-5-3-2-4-16(17)20(26)23-10-15-8-9-27-13-21(15,11-23)12-24/h2-7,15,24H,8-13H2,1H3,(H,22,25)/t15-,21+/m0/s1. The maximum atomic E-state index is 13.2. The van der Waals surface area contributed by atoms with E-state index in [1.807, 2.05) is 0 Å². The summed E-state index contributed by atoms with van der Waals surface area (Å²) < 4.78 is 10.9. The summed E-state index contributed by atoms with van der Waals surface area (Å²) in [7, 11) is 0. The summed E-state index contributed by atoms with van der Waals surface area (Å²) in [5.41, 5.74) is 0.472. The number of fused-ring (bicyclic) bond motifs is 1. The van der Waals surface area contributed by atoms with Crippen LogP contribution in [0.1, 0.15) is 33.1 Å².